The summed E-state index contributed by atoms with van der Waals surface area (Å²) >= 11 is 0. The van der Waals surface area contributed by atoms with Crippen molar-refractivity contribution in [3.05, 3.63) is 76.9 Å². The molecule has 2 heterocycles. The number of para-hydroxylation sites is 1. The lowest BCUT2D eigenvalue weighted by Crippen LogP contribution is -2.35. The van der Waals surface area contributed by atoms with Crippen LogP contribution in [0.2, 0.25) is 0 Å². The van der Waals surface area contributed by atoms with Crippen LogP contribution in [0.25, 0.3) is 6.08 Å². The zero-order valence-corrected chi connectivity index (χ0v) is 23.0. The van der Waals surface area contributed by atoms with Crippen LogP contribution in [0.1, 0.15) is 57.9 Å². The predicted molar refractivity (Wildman–Crippen MR) is 151 cm³/mol. The molecule has 1 N–H and O–H groups in total. The van der Waals surface area contributed by atoms with Gasteiger partial charge in [-0.3, -0.25) is 14.5 Å². The number of nitrogens with zero attached hydrogens (tertiary/aromatic N) is 1. The Balaban J connectivity index is 1.40. The Morgan fingerprint density at radius 3 is 2.59 bits per heavy atom. The molecule has 0 unspecified atom stereocenters. The highest BCUT2D eigenvalue weighted by Gasteiger charge is 2.56. The quantitative estimate of drug-likeness (QED) is 0.279. The largest absolute Gasteiger partial charge is 0.508 e. The van der Waals surface area contributed by atoms with Crippen molar-refractivity contribution in [3.8, 4) is 11.5 Å². The van der Waals surface area contributed by atoms with E-state index in [1.54, 1.807) is 12.1 Å². The van der Waals surface area contributed by atoms with E-state index in [0.717, 1.165) is 49.0 Å². The number of likely N-dealkylation sites (tertiary alicyclic amines) is 1. The van der Waals surface area contributed by atoms with Crippen LogP contribution in [-0.2, 0) is 14.3 Å². The van der Waals surface area contributed by atoms with E-state index in [-0.39, 0.29) is 41.4 Å². The fourth-order valence-corrected chi connectivity index (χ4v) is 6.56. The van der Waals surface area contributed by atoms with Gasteiger partial charge in [0.1, 0.15) is 18.1 Å². The fraction of sp³-hybridized carbons (Fsp3) is 0.455. The fourth-order valence-electron chi connectivity index (χ4n) is 6.56. The van der Waals surface area contributed by atoms with Crippen LogP contribution in [0.15, 0.2) is 71.3 Å². The number of carbonyl (C=O) groups is 2. The van der Waals surface area contributed by atoms with Gasteiger partial charge in [-0.2, -0.15) is 0 Å². The molecule has 0 spiro atoms. The maximum atomic E-state index is 13.4. The Bertz CT molecular complexity index is 1250. The number of ether oxygens (including phenoxy) is 2. The maximum absolute atomic E-state index is 13.4. The minimum atomic E-state index is -0.331. The Morgan fingerprint density at radius 1 is 1.03 bits per heavy atom. The van der Waals surface area contributed by atoms with Crippen LogP contribution in [0.3, 0.4) is 0 Å². The van der Waals surface area contributed by atoms with Crippen molar-refractivity contribution in [1.82, 2.24) is 4.90 Å². The minimum absolute atomic E-state index is 0.0305. The molecule has 6 heteroatoms. The molecule has 2 aromatic rings. The third-order valence-corrected chi connectivity index (χ3v) is 8.24. The first-order valence-corrected chi connectivity index (χ1v) is 14.3. The van der Waals surface area contributed by atoms with Gasteiger partial charge in [0.25, 0.3) is 0 Å². The molecular weight excluding hydrogens is 490 g/mol. The van der Waals surface area contributed by atoms with Crippen LogP contribution in [0.4, 0.5) is 0 Å². The first-order valence-electron chi connectivity index (χ1n) is 14.3. The molecule has 0 aromatic heterocycles. The van der Waals surface area contributed by atoms with Gasteiger partial charge >= 0.3 is 0 Å². The summed E-state index contributed by atoms with van der Waals surface area (Å²) in [5, 5.41) is 9.89. The van der Waals surface area contributed by atoms with E-state index < -0.39 is 0 Å². The monoisotopic (exact) mass is 529 g/mol. The Morgan fingerprint density at radius 2 is 1.85 bits per heavy atom. The lowest BCUT2D eigenvalue weighted by atomic mass is 9.69. The normalized spacial score (nSPS) is 24.8. The molecule has 206 valence electrons. The number of carbonyl (C=O) groups excluding carboxylic acids is 2. The van der Waals surface area contributed by atoms with E-state index in [1.807, 2.05) is 49.4 Å². The maximum Gasteiger partial charge on any atom is 0.233 e. The summed E-state index contributed by atoms with van der Waals surface area (Å²) in [6.07, 6.45) is 7.05. The summed E-state index contributed by atoms with van der Waals surface area (Å²) in [7, 11) is 0. The Hall–Kier alpha value is -3.38. The van der Waals surface area contributed by atoms with E-state index >= 15 is 0 Å². The SMILES string of the molecule is CCC/C(=C\c1cccc(O)c1)CC[C@H]1OC[C@H]2C1=C(COc1ccccc1)C[C@H]1C(=O)N(CCC)C(=O)[C@H]12. The molecule has 0 saturated carbocycles. The average Bonchev–Trinajstić information content (AvgIpc) is 3.46. The number of benzene rings is 2. The number of amides is 2. The Labute approximate surface area is 231 Å². The number of imide groups is 1. The van der Waals surface area contributed by atoms with Gasteiger partial charge in [-0.05, 0) is 73.1 Å². The zero-order chi connectivity index (χ0) is 27.4. The van der Waals surface area contributed by atoms with Crippen LogP contribution in [0, 0.1) is 17.8 Å². The molecule has 5 rings (SSSR count). The van der Waals surface area contributed by atoms with E-state index in [0.29, 0.717) is 26.2 Å². The van der Waals surface area contributed by atoms with E-state index in [9.17, 15) is 14.7 Å². The lowest BCUT2D eigenvalue weighted by molar-refractivity contribution is -0.140. The first kappa shape index (κ1) is 27.2. The van der Waals surface area contributed by atoms with Crippen molar-refractivity contribution >= 4 is 17.9 Å². The van der Waals surface area contributed by atoms with Gasteiger partial charge in [0.05, 0.1) is 24.5 Å². The second-order valence-corrected chi connectivity index (χ2v) is 10.9. The number of hydrogen-bond donors (Lipinski definition) is 1. The molecule has 2 aromatic carbocycles. The lowest BCUT2D eigenvalue weighted by Gasteiger charge is -2.32. The van der Waals surface area contributed by atoms with Crippen molar-refractivity contribution in [3.63, 3.8) is 0 Å². The summed E-state index contributed by atoms with van der Waals surface area (Å²) < 4.78 is 12.6. The van der Waals surface area contributed by atoms with Crippen molar-refractivity contribution < 1.29 is 24.2 Å². The highest BCUT2D eigenvalue weighted by atomic mass is 16.5. The van der Waals surface area contributed by atoms with Crippen LogP contribution in [0.5, 0.6) is 11.5 Å². The number of allylic oxidation sites excluding steroid dienone is 1. The second kappa shape index (κ2) is 12.2. The number of phenols is 1. The van der Waals surface area contributed by atoms with E-state index in [4.69, 9.17) is 9.47 Å². The van der Waals surface area contributed by atoms with Gasteiger partial charge in [-0.25, -0.2) is 0 Å². The van der Waals surface area contributed by atoms with Gasteiger partial charge < -0.3 is 14.6 Å². The van der Waals surface area contributed by atoms with E-state index in [1.165, 1.54) is 16.0 Å². The molecule has 3 aliphatic rings. The van der Waals surface area contributed by atoms with Crippen molar-refractivity contribution in [2.24, 2.45) is 17.8 Å². The second-order valence-electron chi connectivity index (χ2n) is 10.9. The number of fused-ring (bicyclic) bond motifs is 3. The molecule has 6 nitrogen and oxygen atoms in total. The zero-order valence-electron chi connectivity index (χ0n) is 23.0. The topological polar surface area (TPSA) is 76.1 Å². The number of hydrogen-bond acceptors (Lipinski definition) is 5. The van der Waals surface area contributed by atoms with Gasteiger partial charge in [0.15, 0.2) is 0 Å². The molecule has 2 amide bonds. The number of phenolic OH excluding ortho intramolecular Hbond substituents is 1. The standard InChI is InChI=1S/C33H39NO5/c1-3-9-22(17-23-10-8-11-25(35)18-23)14-15-29-30-24(20-38-26-12-6-5-7-13-26)19-27-31(28(30)21-39-29)33(37)34(16-4-2)32(27)36/h5-8,10-13,17-18,27-29,31,35H,3-4,9,14-16,19-21H2,1-2H3/b22-17+/t27-,28+,29-,31-/m1/s1. The molecule has 2 fully saturated rings. The molecule has 4 atom stereocenters. The van der Waals surface area contributed by atoms with Gasteiger partial charge in [0, 0.05) is 12.5 Å². The number of rotatable bonds is 11. The molecule has 0 radical (unpaired) electrons. The summed E-state index contributed by atoms with van der Waals surface area (Å²) in [4.78, 5) is 28.2. The average molecular weight is 530 g/mol. The minimum Gasteiger partial charge on any atom is -0.508 e. The first-order chi connectivity index (χ1) is 19.0. The Kier molecular flexibility index (Phi) is 8.51. The summed E-state index contributed by atoms with van der Waals surface area (Å²) in [5.41, 5.74) is 4.60. The molecule has 2 aliphatic heterocycles. The predicted octanol–water partition coefficient (Wildman–Crippen LogP) is 6.16. The summed E-state index contributed by atoms with van der Waals surface area (Å²) in [6, 6.07) is 17.1. The molecule has 2 saturated heterocycles. The van der Waals surface area contributed by atoms with Crippen molar-refractivity contribution in [1.29, 1.82) is 0 Å². The third kappa shape index (κ3) is 5.81. The van der Waals surface area contributed by atoms with Gasteiger partial charge in [-0.15, -0.1) is 0 Å². The van der Waals surface area contributed by atoms with Crippen LogP contribution in [-0.4, -0.2) is 47.7 Å². The summed E-state index contributed by atoms with van der Waals surface area (Å²) in [5.74, 6) is 0.257. The molecule has 1 aliphatic carbocycles. The van der Waals surface area contributed by atoms with Crippen molar-refractivity contribution in [2.45, 2.75) is 58.5 Å². The molecular formula is C33H39NO5. The highest BCUT2D eigenvalue weighted by Crippen LogP contribution is 2.50. The van der Waals surface area contributed by atoms with Gasteiger partial charge in [-0.1, -0.05) is 62.2 Å². The van der Waals surface area contributed by atoms with Crippen LogP contribution >= 0.6 is 0 Å². The third-order valence-electron chi connectivity index (χ3n) is 8.24. The molecule has 39 heavy (non-hydrogen) atoms. The van der Waals surface area contributed by atoms with Crippen LogP contribution < -0.4 is 4.74 Å². The van der Waals surface area contributed by atoms with E-state index in [2.05, 4.69) is 13.0 Å². The summed E-state index contributed by atoms with van der Waals surface area (Å²) in [6.45, 7) is 5.51. The smallest absolute Gasteiger partial charge is 0.233 e. The number of aromatic hydroxyl groups is 1. The highest BCUT2D eigenvalue weighted by molar-refractivity contribution is 6.06. The van der Waals surface area contributed by atoms with Crippen molar-refractivity contribution in [2.75, 3.05) is 19.8 Å². The molecule has 0 bridgehead atoms. The van der Waals surface area contributed by atoms with Gasteiger partial charge in [0.2, 0.25) is 11.8 Å².